The Hall–Kier alpha value is -2.00. The van der Waals surface area contributed by atoms with Gasteiger partial charge in [0.2, 0.25) is 15.9 Å². The molecule has 0 radical (unpaired) electrons. The molecule has 2 rings (SSSR count). The molecule has 0 spiro atoms. The van der Waals surface area contributed by atoms with Gasteiger partial charge in [-0.1, -0.05) is 0 Å². The Kier molecular flexibility index (Phi) is 3.97. The molecule has 1 amide bonds. The summed E-state index contributed by atoms with van der Waals surface area (Å²) in [5.41, 5.74) is 0.144. The van der Waals surface area contributed by atoms with Crippen molar-refractivity contribution < 1.29 is 27.5 Å². The van der Waals surface area contributed by atoms with Crippen LogP contribution < -0.4 is 5.32 Å². The van der Waals surface area contributed by atoms with E-state index in [2.05, 4.69) is 5.32 Å². The maximum Gasteiger partial charge on any atom is 0.309 e. The van der Waals surface area contributed by atoms with Crippen LogP contribution in [0.3, 0.4) is 0 Å². The van der Waals surface area contributed by atoms with Gasteiger partial charge in [-0.25, -0.2) is 12.8 Å². The zero-order chi connectivity index (χ0) is 15.8. The van der Waals surface area contributed by atoms with E-state index >= 15 is 0 Å². The average Bonchev–Trinajstić information content (AvgIpc) is 2.23. The Balaban J connectivity index is 2.22. The van der Waals surface area contributed by atoms with E-state index in [9.17, 15) is 22.4 Å². The van der Waals surface area contributed by atoms with Crippen LogP contribution in [0, 0.1) is 11.7 Å². The molecule has 1 aromatic rings. The molecule has 0 atom stereocenters. The SMILES string of the molecule is CC(=O)Nc1ccc(S(=O)(=O)N2CC(C(=O)O)C2)c(F)c1. The number of aliphatic carboxylic acids is 1. The third-order valence-corrected chi connectivity index (χ3v) is 4.93. The molecule has 7 nitrogen and oxygen atoms in total. The standard InChI is InChI=1S/C12H13FN2O5S/c1-7(16)14-9-2-3-11(10(13)4-9)21(19,20)15-5-8(6-15)12(17)18/h2-4,8H,5-6H2,1H3,(H,14,16)(H,17,18). The summed E-state index contributed by atoms with van der Waals surface area (Å²) in [5, 5.41) is 11.1. The van der Waals surface area contributed by atoms with Gasteiger partial charge >= 0.3 is 5.97 Å². The van der Waals surface area contributed by atoms with Crippen molar-refractivity contribution in [3.8, 4) is 0 Å². The van der Waals surface area contributed by atoms with E-state index in [4.69, 9.17) is 5.11 Å². The van der Waals surface area contributed by atoms with Crippen molar-refractivity contribution in [3.63, 3.8) is 0 Å². The summed E-state index contributed by atoms with van der Waals surface area (Å²) in [6, 6.07) is 3.22. The number of anilines is 1. The third kappa shape index (κ3) is 3.03. The molecule has 21 heavy (non-hydrogen) atoms. The van der Waals surface area contributed by atoms with Crippen molar-refractivity contribution in [1.29, 1.82) is 0 Å². The summed E-state index contributed by atoms with van der Waals surface area (Å²) >= 11 is 0. The number of hydrogen-bond donors (Lipinski definition) is 2. The molecular weight excluding hydrogens is 303 g/mol. The number of rotatable bonds is 4. The summed E-state index contributed by atoms with van der Waals surface area (Å²) in [7, 11) is -4.06. The highest BCUT2D eigenvalue weighted by Gasteiger charge is 2.41. The van der Waals surface area contributed by atoms with Crippen LogP contribution in [0.4, 0.5) is 10.1 Å². The predicted octanol–water partition coefficient (Wildman–Crippen LogP) is 0.489. The Morgan fingerprint density at radius 2 is 2.00 bits per heavy atom. The van der Waals surface area contributed by atoms with Gasteiger partial charge in [0.05, 0.1) is 5.92 Å². The zero-order valence-electron chi connectivity index (χ0n) is 11.0. The minimum absolute atomic E-state index is 0.144. The van der Waals surface area contributed by atoms with Crippen LogP contribution in [-0.2, 0) is 19.6 Å². The molecule has 1 saturated heterocycles. The first kappa shape index (κ1) is 15.4. The highest BCUT2D eigenvalue weighted by molar-refractivity contribution is 7.89. The van der Waals surface area contributed by atoms with Crippen molar-refractivity contribution in [2.75, 3.05) is 18.4 Å². The number of carboxylic acids is 1. The monoisotopic (exact) mass is 316 g/mol. The maximum atomic E-state index is 13.9. The molecule has 1 aliphatic rings. The largest absolute Gasteiger partial charge is 0.481 e. The lowest BCUT2D eigenvalue weighted by Crippen LogP contribution is -2.52. The number of carbonyl (C=O) groups is 2. The quantitative estimate of drug-likeness (QED) is 0.841. The molecule has 0 aliphatic carbocycles. The van der Waals surface area contributed by atoms with E-state index in [0.29, 0.717) is 0 Å². The first-order valence-electron chi connectivity index (χ1n) is 6.02. The van der Waals surface area contributed by atoms with E-state index in [1.54, 1.807) is 0 Å². The van der Waals surface area contributed by atoms with E-state index < -0.39 is 38.5 Å². The lowest BCUT2D eigenvalue weighted by atomic mass is 10.0. The summed E-state index contributed by atoms with van der Waals surface area (Å²) in [6.45, 7) is 0.893. The number of benzene rings is 1. The van der Waals surface area contributed by atoms with Crippen molar-refractivity contribution in [3.05, 3.63) is 24.0 Å². The summed E-state index contributed by atoms with van der Waals surface area (Å²) in [5.74, 6) is -3.25. The van der Waals surface area contributed by atoms with Gasteiger partial charge in [0.15, 0.2) is 0 Å². The van der Waals surface area contributed by atoms with Crippen molar-refractivity contribution in [1.82, 2.24) is 4.31 Å². The van der Waals surface area contributed by atoms with E-state index in [1.807, 2.05) is 0 Å². The van der Waals surface area contributed by atoms with Gasteiger partial charge in [0, 0.05) is 25.7 Å². The minimum atomic E-state index is -4.06. The van der Waals surface area contributed by atoms with Crippen molar-refractivity contribution >= 4 is 27.6 Å². The highest BCUT2D eigenvalue weighted by Crippen LogP contribution is 2.28. The molecule has 114 valence electrons. The summed E-state index contributed by atoms with van der Waals surface area (Å²) in [4.78, 5) is 21.0. The average molecular weight is 316 g/mol. The number of nitrogens with zero attached hydrogens (tertiary/aromatic N) is 1. The number of nitrogens with one attached hydrogen (secondary N) is 1. The molecular formula is C12H13FN2O5S. The van der Waals surface area contributed by atoms with Crippen LogP contribution in [-0.4, -0.2) is 42.8 Å². The fourth-order valence-corrected chi connectivity index (χ4v) is 3.50. The van der Waals surface area contributed by atoms with E-state index in [1.165, 1.54) is 13.0 Å². The summed E-state index contributed by atoms with van der Waals surface area (Å²) in [6.07, 6.45) is 0. The fourth-order valence-electron chi connectivity index (χ4n) is 1.92. The van der Waals surface area contributed by atoms with Gasteiger partial charge in [-0.15, -0.1) is 0 Å². The predicted molar refractivity (Wildman–Crippen MR) is 70.6 cm³/mol. The van der Waals surface area contributed by atoms with Gasteiger partial charge < -0.3 is 10.4 Å². The van der Waals surface area contributed by atoms with Crippen molar-refractivity contribution in [2.24, 2.45) is 5.92 Å². The van der Waals surface area contributed by atoms with Crippen LogP contribution in [0.5, 0.6) is 0 Å². The number of carboxylic acid groups (broad SMARTS) is 1. The number of sulfonamides is 1. The Morgan fingerprint density at radius 3 is 2.48 bits per heavy atom. The topological polar surface area (TPSA) is 104 Å². The lowest BCUT2D eigenvalue weighted by molar-refractivity contribution is -0.145. The molecule has 1 heterocycles. The van der Waals surface area contributed by atoms with E-state index in [-0.39, 0.29) is 18.8 Å². The molecule has 0 bridgehead atoms. The first-order valence-corrected chi connectivity index (χ1v) is 7.46. The van der Waals surface area contributed by atoms with Crippen LogP contribution in [0.1, 0.15) is 6.92 Å². The van der Waals surface area contributed by atoms with Gasteiger partial charge in [0.25, 0.3) is 0 Å². The van der Waals surface area contributed by atoms with Gasteiger partial charge in [0.1, 0.15) is 10.7 Å². The maximum absolute atomic E-state index is 13.9. The number of halogens is 1. The molecule has 1 aromatic carbocycles. The second kappa shape index (κ2) is 5.41. The van der Waals surface area contributed by atoms with E-state index in [0.717, 1.165) is 16.4 Å². The van der Waals surface area contributed by atoms with Gasteiger partial charge in [-0.3, -0.25) is 9.59 Å². The summed E-state index contributed by atoms with van der Waals surface area (Å²) < 4.78 is 39.1. The number of carbonyl (C=O) groups excluding carboxylic acids is 1. The second-order valence-corrected chi connectivity index (χ2v) is 6.59. The Labute approximate surface area is 120 Å². The molecule has 2 N–H and O–H groups in total. The smallest absolute Gasteiger partial charge is 0.309 e. The van der Waals surface area contributed by atoms with Gasteiger partial charge in [-0.05, 0) is 18.2 Å². The zero-order valence-corrected chi connectivity index (χ0v) is 11.9. The Bertz CT molecular complexity index is 698. The number of amides is 1. The molecule has 1 aliphatic heterocycles. The fraction of sp³-hybridized carbons (Fsp3) is 0.333. The van der Waals surface area contributed by atoms with Crippen LogP contribution in [0.25, 0.3) is 0 Å². The molecule has 0 unspecified atom stereocenters. The molecule has 9 heteroatoms. The highest BCUT2D eigenvalue weighted by atomic mass is 32.2. The van der Waals surface area contributed by atoms with Crippen LogP contribution in [0.2, 0.25) is 0 Å². The second-order valence-electron chi connectivity index (χ2n) is 4.68. The lowest BCUT2D eigenvalue weighted by Gasteiger charge is -2.35. The van der Waals surface area contributed by atoms with Gasteiger partial charge in [-0.2, -0.15) is 4.31 Å². The minimum Gasteiger partial charge on any atom is -0.481 e. The molecule has 0 aromatic heterocycles. The van der Waals surface area contributed by atoms with Crippen LogP contribution >= 0.6 is 0 Å². The molecule has 1 fully saturated rings. The van der Waals surface area contributed by atoms with Crippen LogP contribution in [0.15, 0.2) is 23.1 Å². The normalized spacial score (nSPS) is 16.3. The van der Waals surface area contributed by atoms with Crippen molar-refractivity contribution in [2.45, 2.75) is 11.8 Å². The number of hydrogen-bond acceptors (Lipinski definition) is 4. The Morgan fingerprint density at radius 1 is 1.38 bits per heavy atom. The third-order valence-electron chi connectivity index (χ3n) is 3.07. The first-order chi connectivity index (χ1) is 9.71. The molecule has 0 saturated carbocycles.